The predicted octanol–water partition coefficient (Wildman–Crippen LogP) is 2.54. The fraction of sp³-hybridized carbons (Fsp3) is 0.500. The highest BCUT2D eigenvalue weighted by Crippen LogP contribution is 2.40. The molecule has 2 unspecified atom stereocenters. The first-order valence-corrected chi connectivity index (χ1v) is 5.49. The van der Waals surface area contributed by atoms with Gasteiger partial charge in [0.25, 0.3) is 6.43 Å². The molecule has 1 N–H and O–H groups in total. The molecule has 2 amide bonds. The van der Waals surface area contributed by atoms with Crippen molar-refractivity contribution in [2.45, 2.75) is 31.0 Å². The molecule has 1 saturated heterocycles. The van der Waals surface area contributed by atoms with Gasteiger partial charge in [-0.05, 0) is 6.42 Å². The number of nitrogens with zero attached hydrogens (tertiary/aromatic N) is 2. The Morgan fingerprint density at radius 3 is 2.48 bits per heavy atom. The van der Waals surface area contributed by atoms with Crippen LogP contribution in [-0.2, 0) is 4.79 Å². The molecule has 6 nitrogen and oxygen atoms in total. The minimum atomic E-state index is -4.97. The third kappa shape index (κ3) is 2.67. The van der Waals surface area contributed by atoms with Crippen molar-refractivity contribution in [3.8, 4) is 0 Å². The van der Waals surface area contributed by atoms with Gasteiger partial charge in [0, 0.05) is 0 Å². The van der Waals surface area contributed by atoms with E-state index in [0.717, 1.165) is 0 Å². The molecule has 0 aromatic carbocycles. The van der Waals surface area contributed by atoms with Gasteiger partial charge >= 0.3 is 12.3 Å². The second-order valence-electron chi connectivity index (χ2n) is 4.25. The Balaban J connectivity index is 2.33. The molecule has 1 fully saturated rings. The van der Waals surface area contributed by atoms with Crippen LogP contribution in [0.2, 0.25) is 0 Å². The van der Waals surface area contributed by atoms with E-state index in [2.05, 4.69) is 9.40 Å². The molecule has 1 aromatic rings. The zero-order valence-corrected chi connectivity index (χ0v) is 9.97. The molecule has 2 rings (SSSR count). The molecule has 0 radical (unpaired) electrons. The smallest absolute Gasteiger partial charge is 0.414 e. The number of carbonyl (C=O) groups is 2. The molecule has 1 aliphatic rings. The Labute approximate surface area is 113 Å². The van der Waals surface area contributed by atoms with Crippen molar-refractivity contribution in [1.82, 2.24) is 9.88 Å². The van der Waals surface area contributed by atoms with E-state index in [1.807, 2.05) is 0 Å². The molecular formula is C10H7F5N2O4. The normalized spacial score (nSPS) is 23.1. The van der Waals surface area contributed by atoms with Crippen molar-refractivity contribution in [3.05, 3.63) is 17.8 Å². The van der Waals surface area contributed by atoms with E-state index >= 15 is 0 Å². The van der Waals surface area contributed by atoms with Gasteiger partial charge in [-0.1, -0.05) is 0 Å². The topological polar surface area (TPSA) is 83.6 Å². The highest BCUT2D eigenvalue weighted by molar-refractivity contribution is 5.97. The summed E-state index contributed by atoms with van der Waals surface area (Å²) in [6.07, 6.45) is -10.5. The standard InChI is InChI=1S/C10H7F5N2O4/c11-6(12)4-2-21-7(16-4)3-1-5(10(13,14)15)17(8(3)18)9(19)20/h2-3,5-6H,1H2,(H,19,20). The van der Waals surface area contributed by atoms with E-state index in [0.29, 0.717) is 6.26 Å². The van der Waals surface area contributed by atoms with E-state index in [9.17, 15) is 31.5 Å². The highest BCUT2D eigenvalue weighted by atomic mass is 19.4. The average Bonchev–Trinajstić information content (AvgIpc) is 2.91. The van der Waals surface area contributed by atoms with Crippen LogP contribution in [0.1, 0.15) is 30.3 Å². The quantitative estimate of drug-likeness (QED) is 0.848. The SMILES string of the molecule is O=C(O)N1C(=O)C(c2nc(C(F)F)co2)CC1C(F)(F)F. The van der Waals surface area contributed by atoms with Crippen LogP contribution in [0, 0.1) is 0 Å². The lowest BCUT2D eigenvalue weighted by molar-refractivity contribution is -0.175. The molecule has 1 aromatic heterocycles. The maximum absolute atomic E-state index is 12.7. The summed E-state index contributed by atoms with van der Waals surface area (Å²) >= 11 is 0. The number of hydrogen-bond acceptors (Lipinski definition) is 4. The number of alkyl halides is 5. The summed E-state index contributed by atoms with van der Waals surface area (Å²) in [6.45, 7) is 0. The van der Waals surface area contributed by atoms with Crippen LogP contribution in [0.25, 0.3) is 0 Å². The van der Waals surface area contributed by atoms with Gasteiger partial charge in [0.05, 0.1) is 0 Å². The molecule has 11 heteroatoms. The minimum Gasteiger partial charge on any atom is -0.465 e. The van der Waals surface area contributed by atoms with Gasteiger partial charge in [0.2, 0.25) is 11.8 Å². The fourth-order valence-electron chi connectivity index (χ4n) is 2.03. The molecule has 0 bridgehead atoms. The summed E-state index contributed by atoms with van der Waals surface area (Å²) in [5.74, 6) is -3.74. The van der Waals surface area contributed by atoms with Crippen LogP contribution in [-0.4, -0.2) is 39.2 Å². The largest absolute Gasteiger partial charge is 0.465 e. The Bertz CT molecular complexity index is 570. The third-order valence-electron chi connectivity index (χ3n) is 2.95. The Morgan fingerprint density at radius 1 is 1.48 bits per heavy atom. The lowest BCUT2D eigenvalue weighted by atomic mass is 10.1. The van der Waals surface area contributed by atoms with Gasteiger partial charge in [0.15, 0.2) is 0 Å². The number of carboxylic acid groups (broad SMARTS) is 1. The molecule has 0 aliphatic carbocycles. The summed E-state index contributed by atoms with van der Waals surface area (Å²) in [6, 6.07) is -2.56. The molecule has 2 atom stereocenters. The summed E-state index contributed by atoms with van der Waals surface area (Å²) < 4.78 is 67.5. The number of oxazole rings is 1. The minimum absolute atomic E-state index is 0.378. The third-order valence-corrected chi connectivity index (χ3v) is 2.95. The van der Waals surface area contributed by atoms with Crippen molar-refractivity contribution in [1.29, 1.82) is 0 Å². The Kier molecular flexibility index (Phi) is 3.59. The van der Waals surface area contributed by atoms with E-state index in [1.165, 1.54) is 0 Å². The highest BCUT2D eigenvalue weighted by Gasteiger charge is 2.57. The van der Waals surface area contributed by atoms with E-state index in [1.54, 1.807) is 0 Å². The van der Waals surface area contributed by atoms with Gasteiger partial charge in [-0.15, -0.1) is 0 Å². The Morgan fingerprint density at radius 2 is 2.10 bits per heavy atom. The monoisotopic (exact) mass is 314 g/mol. The maximum Gasteiger partial charge on any atom is 0.414 e. The molecule has 2 heterocycles. The van der Waals surface area contributed by atoms with Crippen LogP contribution >= 0.6 is 0 Å². The van der Waals surface area contributed by atoms with Gasteiger partial charge in [0.1, 0.15) is 23.9 Å². The summed E-state index contributed by atoms with van der Waals surface area (Å²) in [4.78, 5) is 25.4. The fourth-order valence-corrected chi connectivity index (χ4v) is 2.03. The lowest BCUT2D eigenvalue weighted by Crippen LogP contribution is -2.46. The zero-order chi connectivity index (χ0) is 15.9. The maximum atomic E-state index is 12.7. The number of halogens is 5. The lowest BCUT2D eigenvalue weighted by Gasteiger charge is -2.21. The number of likely N-dealkylation sites (tertiary alicyclic amines) is 1. The average molecular weight is 314 g/mol. The molecule has 116 valence electrons. The zero-order valence-electron chi connectivity index (χ0n) is 9.97. The number of imide groups is 1. The van der Waals surface area contributed by atoms with Crippen molar-refractivity contribution >= 4 is 12.0 Å². The summed E-state index contributed by atoms with van der Waals surface area (Å²) in [5, 5.41) is 8.71. The van der Waals surface area contributed by atoms with E-state index in [4.69, 9.17) is 5.11 Å². The summed E-state index contributed by atoms with van der Waals surface area (Å²) in [7, 11) is 0. The Hall–Kier alpha value is -2.20. The molecule has 0 saturated carbocycles. The van der Waals surface area contributed by atoms with Gasteiger partial charge in [-0.3, -0.25) is 4.79 Å². The first-order chi connectivity index (χ1) is 9.62. The number of amides is 2. The number of carbonyl (C=O) groups excluding carboxylic acids is 1. The van der Waals surface area contributed by atoms with E-state index < -0.39 is 54.6 Å². The van der Waals surface area contributed by atoms with Crippen LogP contribution < -0.4 is 0 Å². The number of hydrogen-bond donors (Lipinski definition) is 1. The summed E-state index contributed by atoms with van der Waals surface area (Å²) in [5.41, 5.74) is -0.838. The second-order valence-corrected chi connectivity index (χ2v) is 4.25. The number of aromatic nitrogens is 1. The van der Waals surface area contributed by atoms with Gasteiger partial charge in [-0.25, -0.2) is 23.5 Å². The van der Waals surface area contributed by atoms with Gasteiger partial charge in [-0.2, -0.15) is 13.2 Å². The van der Waals surface area contributed by atoms with Crippen molar-refractivity contribution in [3.63, 3.8) is 0 Å². The van der Waals surface area contributed by atoms with Crippen LogP contribution in [0.5, 0.6) is 0 Å². The van der Waals surface area contributed by atoms with Crippen LogP contribution in [0.4, 0.5) is 26.7 Å². The van der Waals surface area contributed by atoms with Crippen LogP contribution in [0.15, 0.2) is 10.7 Å². The first-order valence-electron chi connectivity index (χ1n) is 5.49. The second kappa shape index (κ2) is 4.97. The number of rotatable bonds is 2. The predicted molar refractivity (Wildman–Crippen MR) is 53.5 cm³/mol. The van der Waals surface area contributed by atoms with Gasteiger partial charge < -0.3 is 9.52 Å². The van der Waals surface area contributed by atoms with Crippen molar-refractivity contribution in [2.75, 3.05) is 0 Å². The van der Waals surface area contributed by atoms with Crippen molar-refractivity contribution < 1.29 is 41.1 Å². The van der Waals surface area contributed by atoms with Crippen molar-refractivity contribution in [2.24, 2.45) is 0 Å². The molecule has 1 aliphatic heterocycles. The van der Waals surface area contributed by atoms with Crippen LogP contribution in [0.3, 0.4) is 0 Å². The first kappa shape index (κ1) is 15.2. The molecule has 0 spiro atoms. The molecular weight excluding hydrogens is 307 g/mol. The van der Waals surface area contributed by atoms with E-state index in [-0.39, 0.29) is 4.90 Å². The molecule has 21 heavy (non-hydrogen) atoms.